The molecule has 0 saturated carbocycles. The zero-order chi connectivity index (χ0) is 15.7. The van der Waals surface area contributed by atoms with E-state index in [2.05, 4.69) is 4.98 Å². The molecular weight excluding hydrogens is 284 g/mol. The fraction of sp³-hybridized carbons (Fsp3) is 0. The second kappa shape index (κ2) is 5.25. The topological polar surface area (TPSA) is 96.2 Å². The maximum atomic E-state index is 11.3. The van der Waals surface area contributed by atoms with Crippen molar-refractivity contribution in [2.45, 2.75) is 0 Å². The van der Waals surface area contributed by atoms with E-state index in [4.69, 9.17) is 0 Å². The SMILES string of the molecule is O=C([O-])c1cc(-c2ccc([N+](=O)[O-])cc2)nc2ccccc12. The standard InChI is InChI=1S/C16H10N2O4/c19-16(20)13-9-15(17-14-4-2-1-3-12(13)14)10-5-7-11(8-6-10)18(21)22/h1-9H,(H,19,20)/p-1. The molecule has 0 N–H and O–H groups in total. The lowest BCUT2D eigenvalue weighted by molar-refractivity contribution is -0.384. The normalized spacial score (nSPS) is 10.5. The van der Waals surface area contributed by atoms with Crippen LogP contribution in [0.5, 0.6) is 0 Å². The highest BCUT2D eigenvalue weighted by Gasteiger charge is 2.10. The predicted molar refractivity (Wildman–Crippen MR) is 78.2 cm³/mol. The van der Waals surface area contributed by atoms with E-state index in [0.717, 1.165) is 0 Å². The second-order valence-electron chi connectivity index (χ2n) is 4.66. The number of aromatic nitrogens is 1. The first-order valence-corrected chi connectivity index (χ1v) is 6.42. The Labute approximate surface area is 124 Å². The van der Waals surface area contributed by atoms with Crippen LogP contribution < -0.4 is 5.11 Å². The van der Waals surface area contributed by atoms with Crippen molar-refractivity contribution >= 4 is 22.6 Å². The molecule has 0 aliphatic heterocycles. The third-order valence-electron chi connectivity index (χ3n) is 3.31. The summed E-state index contributed by atoms with van der Waals surface area (Å²) in [6.45, 7) is 0. The van der Waals surface area contributed by atoms with Gasteiger partial charge in [-0.15, -0.1) is 0 Å². The van der Waals surface area contributed by atoms with Crippen molar-refractivity contribution < 1.29 is 14.8 Å². The van der Waals surface area contributed by atoms with Gasteiger partial charge in [0.05, 0.1) is 22.1 Å². The van der Waals surface area contributed by atoms with Gasteiger partial charge in [-0.2, -0.15) is 0 Å². The molecule has 3 aromatic rings. The lowest BCUT2D eigenvalue weighted by Crippen LogP contribution is -2.22. The number of hydrogen-bond donors (Lipinski definition) is 0. The molecule has 0 radical (unpaired) electrons. The van der Waals surface area contributed by atoms with E-state index in [9.17, 15) is 20.0 Å². The van der Waals surface area contributed by atoms with Gasteiger partial charge in [0, 0.05) is 28.6 Å². The molecule has 2 aromatic carbocycles. The Morgan fingerprint density at radius 3 is 2.36 bits per heavy atom. The molecule has 0 unspecified atom stereocenters. The summed E-state index contributed by atoms with van der Waals surface area (Å²) < 4.78 is 0. The van der Waals surface area contributed by atoms with Crippen molar-refractivity contribution in [2.75, 3.05) is 0 Å². The largest absolute Gasteiger partial charge is 0.545 e. The second-order valence-corrected chi connectivity index (χ2v) is 4.66. The van der Waals surface area contributed by atoms with Gasteiger partial charge in [0.1, 0.15) is 0 Å². The number of non-ortho nitro benzene ring substituents is 1. The molecular formula is C16H9N2O4-. The van der Waals surface area contributed by atoms with Crippen molar-refractivity contribution in [1.82, 2.24) is 4.98 Å². The zero-order valence-electron chi connectivity index (χ0n) is 11.2. The quantitative estimate of drug-likeness (QED) is 0.544. The molecule has 1 aromatic heterocycles. The van der Waals surface area contributed by atoms with Crippen LogP contribution in [0, 0.1) is 10.1 Å². The summed E-state index contributed by atoms with van der Waals surface area (Å²) in [5.41, 5.74) is 1.55. The molecule has 0 aliphatic carbocycles. The predicted octanol–water partition coefficient (Wildman–Crippen LogP) is 2.17. The van der Waals surface area contributed by atoms with Crippen LogP contribution >= 0.6 is 0 Å². The Balaban J connectivity index is 2.18. The fourth-order valence-electron chi connectivity index (χ4n) is 2.25. The van der Waals surface area contributed by atoms with Crippen LogP contribution in [0.1, 0.15) is 10.4 Å². The highest BCUT2D eigenvalue weighted by Crippen LogP contribution is 2.26. The van der Waals surface area contributed by atoms with Gasteiger partial charge in [-0.3, -0.25) is 10.1 Å². The third-order valence-corrected chi connectivity index (χ3v) is 3.31. The molecule has 0 atom stereocenters. The number of pyridine rings is 1. The van der Waals surface area contributed by atoms with Gasteiger partial charge >= 0.3 is 0 Å². The number of carbonyl (C=O) groups excluding carboxylic acids is 1. The van der Waals surface area contributed by atoms with Crippen molar-refractivity contribution in [3.05, 3.63) is 70.3 Å². The summed E-state index contributed by atoms with van der Waals surface area (Å²) in [7, 11) is 0. The van der Waals surface area contributed by atoms with Crippen molar-refractivity contribution in [2.24, 2.45) is 0 Å². The number of aromatic carboxylic acids is 1. The van der Waals surface area contributed by atoms with E-state index in [1.807, 2.05) is 0 Å². The summed E-state index contributed by atoms with van der Waals surface area (Å²) >= 11 is 0. The Morgan fingerprint density at radius 2 is 1.73 bits per heavy atom. The minimum Gasteiger partial charge on any atom is -0.545 e. The minimum atomic E-state index is -1.29. The first kappa shape index (κ1) is 13.7. The van der Waals surface area contributed by atoms with E-state index in [1.54, 1.807) is 24.3 Å². The van der Waals surface area contributed by atoms with E-state index in [-0.39, 0.29) is 11.3 Å². The first-order valence-electron chi connectivity index (χ1n) is 6.42. The van der Waals surface area contributed by atoms with Gasteiger partial charge in [-0.05, 0) is 24.3 Å². The fourth-order valence-corrected chi connectivity index (χ4v) is 2.25. The van der Waals surface area contributed by atoms with Gasteiger partial charge < -0.3 is 9.90 Å². The van der Waals surface area contributed by atoms with Crippen molar-refractivity contribution in [3.63, 3.8) is 0 Å². The number of hydrogen-bond acceptors (Lipinski definition) is 5. The Bertz CT molecular complexity index is 888. The molecule has 0 bridgehead atoms. The number of nitro benzene ring substituents is 1. The molecule has 0 fully saturated rings. The number of carboxylic acid groups (broad SMARTS) is 1. The maximum Gasteiger partial charge on any atom is 0.269 e. The lowest BCUT2D eigenvalue weighted by atomic mass is 10.0. The molecule has 6 nitrogen and oxygen atoms in total. The molecule has 0 spiro atoms. The molecule has 22 heavy (non-hydrogen) atoms. The summed E-state index contributed by atoms with van der Waals surface area (Å²) in [5, 5.41) is 22.5. The number of para-hydroxylation sites is 1. The summed E-state index contributed by atoms with van der Waals surface area (Å²) in [5.74, 6) is -1.29. The number of nitrogens with zero attached hydrogens (tertiary/aromatic N) is 2. The van der Waals surface area contributed by atoms with Crippen LogP contribution in [0.2, 0.25) is 0 Å². The number of fused-ring (bicyclic) bond motifs is 1. The van der Waals surface area contributed by atoms with Gasteiger partial charge in [0.2, 0.25) is 0 Å². The number of nitro groups is 1. The van der Waals surface area contributed by atoms with Crippen molar-refractivity contribution in [1.29, 1.82) is 0 Å². The smallest absolute Gasteiger partial charge is 0.269 e. The summed E-state index contributed by atoms with van der Waals surface area (Å²) in [6.07, 6.45) is 0. The average Bonchev–Trinajstić information content (AvgIpc) is 2.53. The van der Waals surface area contributed by atoms with E-state index in [1.165, 1.54) is 30.3 Å². The monoisotopic (exact) mass is 293 g/mol. The number of rotatable bonds is 3. The maximum absolute atomic E-state index is 11.3. The summed E-state index contributed by atoms with van der Waals surface area (Å²) in [6, 6.07) is 14.0. The first-order chi connectivity index (χ1) is 10.6. The lowest BCUT2D eigenvalue weighted by Gasteiger charge is -2.10. The highest BCUT2D eigenvalue weighted by atomic mass is 16.6. The van der Waals surface area contributed by atoms with E-state index in [0.29, 0.717) is 22.2 Å². The van der Waals surface area contributed by atoms with Gasteiger partial charge in [-0.25, -0.2) is 4.98 Å². The van der Waals surface area contributed by atoms with E-state index < -0.39 is 10.9 Å². The number of carboxylic acids is 1. The van der Waals surface area contributed by atoms with Crippen LogP contribution in [0.3, 0.4) is 0 Å². The van der Waals surface area contributed by atoms with E-state index >= 15 is 0 Å². The molecule has 3 rings (SSSR count). The molecule has 6 heteroatoms. The van der Waals surface area contributed by atoms with Crippen LogP contribution in [-0.4, -0.2) is 15.9 Å². The molecule has 0 amide bonds. The molecule has 1 heterocycles. The zero-order valence-corrected chi connectivity index (χ0v) is 11.2. The van der Waals surface area contributed by atoms with Crippen LogP contribution in [-0.2, 0) is 0 Å². The average molecular weight is 293 g/mol. The summed E-state index contributed by atoms with van der Waals surface area (Å²) in [4.78, 5) is 25.9. The minimum absolute atomic E-state index is 0.0373. The van der Waals surface area contributed by atoms with Gasteiger partial charge in [0.15, 0.2) is 0 Å². The Morgan fingerprint density at radius 1 is 1.05 bits per heavy atom. The van der Waals surface area contributed by atoms with Gasteiger partial charge in [0.25, 0.3) is 5.69 Å². The molecule has 0 aliphatic rings. The van der Waals surface area contributed by atoms with Gasteiger partial charge in [-0.1, -0.05) is 18.2 Å². The Hall–Kier alpha value is -3.28. The third kappa shape index (κ3) is 2.37. The van der Waals surface area contributed by atoms with Crippen LogP contribution in [0.4, 0.5) is 5.69 Å². The highest BCUT2D eigenvalue weighted by molar-refractivity contribution is 6.02. The van der Waals surface area contributed by atoms with Crippen LogP contribution in [0.15, 0.2) is 54.6 Å². The Kier molecular flexibility index (Phi) is 3.27. The van der Waals surface area contributed by atoms with Crippen molar-refractivity contribution in [3.8, 4) is 11.3 Å². The molecule has 0 saturated heterocycles. The van der Waals surface area contributed by atoms with Crippen LogP contribution in [0.25, 0.3) is 22.2 Å². The number of carbonyl (C=O) groups is 1. The number of benzene rings is 2. The molecule has 108 valence electrons.